The fourth-order valence-electron chi connectivity index (χ4n) is 6.86. The van der Waals surface area contributed by atoms with Crippen molar-refractivity contribution in [2.24, 2.45) is 17.8 Å². The third-order valence-corrected chi connectivity index (χ3v) is 9.16. The fourth-order valence-corrected chi connectivity index (χ4v) is 6.86. The molecule has 204 valence electrons. The first-order valence-electron chi connectivity index (χ1n) is 14.2. The minimum absolute atomic E-state index is 0.0244. The highest BCUT2D eigenvalue weighted by Gasteiger charge is 2.62. The lowest BCUT2D eigenvalue weighted by atomic mass is 9.93. The lowest BCUT2D eigenvalue weighted by molar-refractivity contribution is -0.145. The summed E-state index contributed by atoms with van der Waals surface area (Å²) in [6, 6.07) is 12.8. The Morgan fingerprint density at radius 2 is 1.74 bits per heavy atom. The molecule has 2 aromatic rings. The maximum atomic E-state index is 13.8. The number of rotatable bonds is 2. The number of amides is 3. The van der Waals surface area contributed by atoms with E-state index in [1.54, 1.807) is 9.80 Å². The summed E-state index contributed by atoms with van der Waals surface area (Å²) in [6.45, 7) is 1.24. The van der Waals surface area contributed by atoms with Crippen LogP contribution < -0.4 is 5.32 Å². The number of carboxylic acid groups (broad SMARTS) is 1. The average Bonchev–Trinajstić information content (AvgIpc) is 3.28. The SMILES string of the molecule is O=C1N[C@]2(C(=O)O)C[C@H]2/C=C\CCCCCCC(=O)N2C[C@@H]3CN(C(=O)c4ccc5ccccc5c4)C[C@@H]3[C@@H]12. The molecule has 2 saturated heterocycles. The maximum Gasteiger partial charge on any atom is 0.330 e. The van der Waals surface area contributed by atoms with E-state index >= 15 is 0 Å². The molecule has 0 bridgehead atoms. The lowest BCUT2D eigenvalue weighted by Crippen LogP contribution is -2.55. The van der Waals surface area contributed by atoms with Gasteiger partial charge in [0, 0.05) is 49.4 Å². The number of likely N-dealkylation sites (tertiary alicyclic amines) is 1. The van der Waals surface area contributed by atoms with E-state index in [0.717, 1.165) is 42.9 Å². The molecule has 0 radical (unpaired) electrons. The van der Waals surface area contributed by atoms with Crippen LogP contribution in [0.5, 0.6) is 0 Å². The van der Waals surface area contributed by atoms with Crippen molar-refractivity contribution in [3.8, 4) is 0 Å². The van der Waals surface area contributed by atoms with Crippen molar-refractivity contribution in [3.63, 3.8) is 0 Å². The predicted molar refractivity (Wildman–Crippen MR) is 146 cm³/mol. The molecule has 3 heterocycles. The van der Waals surface area contributed by atoms with Gasteiger partial charge in [-0.3, -0.25) is 14.4 Å². The van der Waals surface area contributed by atoms with E-state index in [0.29, 0.717) is 38.0 Å². The van der Waals surface area contributed by atoms with E-state index in [9.17, 15) is 24.3 Å². The molecule has 8 heteroatoms. The number of hydrogen-bond donors (Lipinski definition) is 2. The van der Waals surface area contributed by atoms with Gasteiger partial charge >= 0.3 is 5.97 Å². The molecule has 1 saturated carbocycles. The van der Waals surface area contributed by atoms with Crippen LogP contribution in [0.4, 0.5) is 0 Å². The van der Waals surface area contributed by atoms with Crippen LogP contribution in [0.3, 0.4) is 0 Å². The normalized spacial score (nSPS) is 31.9. The molecule has 6 rings (SSSR count). The molecule has 39 heavy (non-hydrogen) atoms. The quantitative estimate of drug-likeness (QED) is 0.578. The zero-order valence-electron chi connectivity index (χ0n) is 22.1. The summed E-state index contributed by atoms with van der Waals surface area (Å²) in [4.78, 5) is 56.3. The maximum absolute atomic E-state index is 13.8. The van der Waals surface area contributed by atoms with Gasteiger partial charge in [0.25, 0.3) is 5.91 Å². The summed E-state index contributed by atoms with van der Waals surface area (Å²) >= 11 is 0. The Hall–Kier alpha value is -3.68. The highest BCUT2D eigenvalue weighted by Crippen LogP contribution is 2.46. The number of nitrogens with zero attached hydrogens (tertiary/aromatic N) is 2. The van der Waals surface area contributed by atoms with Crippen molar-refractivity contribution >= 4 is 34.5 Å². The van der Waals surface area contributed by atoms with E-state index in [2.05, 4.69) is 5.32 Å². The Bertz CT molecular complexity index is 1350. The zero-order chi connectivity index (χ0) is 27.1. The zero-order valence-corrected chi connectivity index (χ0v) is 22.1. The van der Waals surface area contributed by atoms with Crippen molar-refractivity contribution in [1.82, 2.24) is 15.1 Å². The molecule has 0 spiro atoms. The Kier molecular flexibility index (Phi) is 6.65. The number of hydrogen-bond acceptors (Lipinski definition) is 4. The fraction of sp³-hybridized carbons (Fsp3) is 0.484. The van der Waals surface area contributed by atoms with Crippen molar-refractivity contribution in [2.45, 2.75) is 56.5 Å². The number of aliphatic carboxylic acids is 1. The Balaban J connectivity index is 1.24. The third kappa shape index (κ3) is 4.70. The van der Waals surface area contributed by atoms with Gasteiger partial charge in [0.15, 0.2) is 0 Å². The molecular weight excluding hydrogens is 494 g/mol. The lowest BCUT2D eigenvalue weighted by Gasteiger charge is -2.30. The van der Waals surface area contributed by atoms with Crippen LogP contribution >= 0.6 is 0 Å². The van der Waals surface area contributed by atoms with Gasteiger partial charge in [-0.2, -0.15) is 0 Å². The number of benzene rings is 2. The Labute approximate surface area is 228 Å². The summed E-state index contributed by atoms with van der Waals surface area (Å²) in [6.07, 6.45) is 9.30. The van der Waals surface area contributed by atoms with Gasteiger partial charge in [-0.15, -0.1) is 0 Å². The molecule has 3 aliphatic heterocycles. The van der Waals surface area contributed by atoms with Gasteiger partial charge in [0.1, 0.15) is 11.6 Å². The number of allylic oxidation sites excluding steroid dienone is 1. The third-order valence-electron chi connectivity index (χ3n) is 9.16. The topological polar surface area (TPSA) is 107 Å². The highest BCUT2D eigenvalue weighted by atomic mass is 16.4. The highest BCUT2D eigenvalue weighted by molar-refractivity contribution is 5.99. The van der Waals surface area contributed by atoms with E-state index in [1.807, 2.05) is 54.6 Å². The monoisotopic (exact) mass is 529 g/mol. The summed E-state index contributed by atoms with van der Waals surface area (Å²) in [7, 11) is 0. The van der Waals surface area contributed by atoms with Crippen LogP contribution in [0, 0.1) is 17.8 Å². The second-order valence-corrected chi connectivity index (χ2v) is 11.6. The number of nitrogens with one attached hydrogen (secondary N) is 1. The molecule has 0 unspecified atom stereocenters. The Morgan fingerprint density at radius 3 is 2.56 bits per heavy atom. The molecule has 5 atom stereocenters. The number of carbonyl (C=O) groups excluding carboxylic acids is 3. The average molecular weight is 530 g/mol. The van der Waals surface area contributed by atoms with Crippen LogP contribution in [-0.2, 0) is 14.4 Å². The number of fused-ring (bicyclic) bond motifs is 5. The van der Waals surface area contributed by atoms with Crippen molar-refractivity contribution in [2.75, 3.05) is 19.6 Å². The second-order valence-electron chi connectivity index (χ2n) is 11.6. The minimum atomic E-state index is -1.32. The van der Waals surface area contributed by atoms with E-state index < -0.39 is 23.5 Å². The van der Waals surface area contributed by atoms with Gasteiger partial charge in [0.05, 0.1) is 0 Å². The van der Waals surface area contributed by atoms with Gasteiger partial charge in [0.2, 0.25) is 11.8 Å². The van der Waals surface area contributed by atoms with Crippen LogP contribution in [0.25, 0.3) is 10.8 Å². The molecule has 3 amide bonds. The summed E-state index contributed by atoms with van der Waals surface area (Å²) in [5.41, 5.74) is -0.717. The number of carboxylic acids is 1. The van der Waals surface area contributed by atoms with Crippen LogP contribution in [0.2, 0.25) is 0 Å². The molecule has 3 fully saturated rings. The first-order chi connectivity index (χ1) is 18.9. The van der Waals surface area contributed by atoms with Crippen molar-refractivity contribution < 1.29 is 24.3 Å². The van der Waals surface area contributed by atoms with Gasteiger partial charge in [-0.1, -0.05) is 55.3 Å². The molecule has 8 nitrogen and oxygen atoms in total. The first-order valence-corrected chi connectivity index (χ1v) is 14.2. The molecule has 2 N–H and O–H groups in total. The smallest absolute Gasteiger partial charge is 0.330 e. The summed E-state index contributed by atoms with van der Waals surface area (Å²) in [5, 5.41) is 14.9. The molecule has 2 aromatic carbocycles. The molecule has 4 aliphatic rings. The van der Waals surface area contributed by atoms with Gasteiger partial charge < -0.3 is 20.2 Å². The largest absolute Gasteiger partial charge is 0.479 e. The first kappa shape index (κ1) is 25.6. The van der Waals surface area contributed by atoms with Crippen LogP contribution in [-0.4, -0.2) is 69.8 Å². The second kappa shape index (κ2) is 10.1. The Morgan fingerprint density at radius 1 is 0.949 bits per heavy atom. The van der Waals surface area contributed by atoms with Crippen LogP contribution in [0.15, 0.2) is 54.6 Å². The van der Waals surface area contributed by atoms with Crippen molar-refractivity contribution in [1.29, 1.82) is 0 Å². The van der Waals surface area contributed by atoms with E-state index in [1.165, 1.54) is 0 Å². The summed E-state index contributed by atoms with van der Waals surface area (Å²) < 4.78 is 0. The number of carbonyl (C=O) groups is 4. The van der Waals surface area contributed by atoms with Gasteiger partial charge in [-0.25, -0.2) is 4.79 Å². The summed E-state index contributed by atoms with van der Waals surface area (Å²) in [5.74, 6) is -2.09. The van der Waals surface area contributed by atoms with Gasteiger partial charge in [-0.05, 0) is 48.6 Å². The molecular formula is C31H35N3O5. The van der Waals surface area contributed by atoms with E-state index in [-0.39, 0.29) is 29.6 Å². The standard InChI is InChI=1S/C31H35N3O5/c35-26-12-6-4-2-1-3-5-11-24-16-31(24,30(38)39)32-28(36)27-25-19-33(17-23(25)18-34(26)27)29(37)22-14-13-20-9-7-8-10-21(20)15-22/h5,7-11,13-15,23-25,27H,1-4,6,12,16-19H2,(H,32,36)(H,38,39)/b11-5-/t23-,24+,25-,27-,31+/m0/s1. The van der Waals surface area contributed by atoms with Crippen LogP contribution in [0.1, 0.15) is 55.3 Å². The predicted octanol–water partition coefficient (Wildman–Crippen LogP) is 3.61. The molecule has 0 aromatic heterocycles. The van der Waals surface area contributed by atoms with Crippen molar-refractivity contribution in [3.05, 3.63) is 60.2 Å². The van der Waals surface area contributed by atoms with E-state index in [4.69, 9.17) is 0 Å². The minimum Gasteiger partial charge on any atom is -0.479 e. The molecule has 1 aliphatic carbocycles.